The van der Waals surface area contributed by atoms with Gasteiger partial charge in [-0.2, -0.15) is 0 Å². The highest BCUT2D eigenvalue weighted by Crippen LogP contribution is 2.47. The molecule has 140 valence electrons. The second kappa shape index (κ2) is 6.92. The van der Waals surface area contributed by atoms with Crippen molar-refractivity contribution in [3.63, 3.8) is 0 Å². The van der Waals surface area contributed by atoms with Gasteiger partial charge in [-0.15, -0.1) is 0 Å². The van der Waals surface area contributed by atoms with E-state index >= 15 is 0 Å². The van der Waals surface area contributed by atoms with Crippen molar-refractivity contribution < 1.29 is 0 Å². The second-order valence-electron chi connectivity index (χ2n) is 9.17. The van der Waals surface area contributed by atoms with Crippen LogP contribution in [0.25, 0.3) is 0 Å². The molecule has 1 nitrogen and oxygen atoms in total. The Morgan fingerprint density at radius 3 is 1.04 bits per heavy atom. The molecule has 0 aliphatic heterocycles. The molecule has 0 saturated heterocycles. The van der Waals surface area contributed by atoms with Crippen molar-refractivity contribution in [3.8, 4) is 0 Å². The van der Waals surface area contributed by atoms with Crippen LogP contribution >= 0.6 is 20.1 Å². The molecule has 25 heavy (non-hydrogen) atoms. The first-order chi connectivity index (χ1) is 11.3. The average Bonchev–Trinajstić information content (AvgIpc) is 2.45. The molecule has 0 atom stereocenters. The molecule has 0 spiro atoms. The third-order valence-corrected chi connectivity index (χ3v) is 7.65. The van der Waals surface area contributed by atoms with Crippen LogP contribution in [0.3, 0.4) is 0 Å². The van der Waals surface area contributed by atoms with E-state index in [9.17, 15) is 0 Å². The van der Waals surface area contributed by atoms with Gasteiger partial charge in [-0.25, -0.2) is 20.1 Å². The van der Waals surface area contributed by atoms with Crippen LogP contribution in [0.4, 0.5) is 11.4 Å². The quantitative estimate of drug-likeness (QED) is 0.571. The predicted molar refractivity (Wildman–Crippen MR) is 122 cm³/mol. The second-order valence-corrected chi connectivity index (χ2v) is 17.5. The lowest BCUT2D eigenvalue weighted by atomic mass is 10.0. The molecule has 3 heteroatoms. The zero-order valence-corrected chi connectivity index (χ0v) is 19.0. The third-order valence-electron chi connectivity index (χ3n) is 4.27. The van der Waals surface area contributed by atoms with Gasteiger partial charge in [0, 0.05) is 16.9 Å². The maximum atomic E-state index is 2.44. The summed E-state index contributed by atoms with van der Waals surface area (Å²) in [6.07, 6.45) is 14.1. The molecule has 0 bridgehead atoms. The van der Waals surface area contributed by atoms with Gasteiger partial charge in [0.1, 0.15) is 0 Å². The smallest absolute Gasteiger partial charge is 0.0416 e. The maximum Gasteiger partial charge on any atom is 0.0416 e. The Labute approximate surface area is 158 Å². The number of rotatable bonds is 4. The van der Waals surface area contributed by atoms with E-state index < -0.39 is 20.1 Å². The van der Waals surface area contributed by atoms with Crippen molar-refractivity contribution in [2.24, 2.45) is 0 Å². The molecule has 0 radical (unpaired) electrons. The van der Waals surface area contributed by atoms with Crippen LogP contribution in [0, 0.1) is 0 Å². The fourth-order valence-corrected chi connectivity index (χ4v) is 4.84. The Morgan fingerprint density at radius 2 is 0.840 bits per heavy atom. The van der Waals surface area contributed by atoms with Crippen LogP contribution in [0.2, 0.25) is 0 Å². The van der Waals surface area contributed by atoms with Crippen molar-refractivity contribution in [2.75, 3.05) is 42.4 Å². The van der Waals surface area contributed by atoms with Crippen molar-refractivity contribution >= 4 is 31.4 Å². The summed E-state index contributed by atoms with van der Waals surface area (Å²) in [6.45, 7) is 6.83. The minimum atomic E-state index is -0.683. The largest absolute Gasteiger partial charge is 0.336 e. The van der Waals surface area contributed by atoms with Crippen LogP contribution in [-0.2, 0) is 0 Å². The molecule has 0 heterocycles. The highest BCUT2D eigenvalue weighted by molar-refractivity contribution is 8.32. The lowest BCUT2D eigenvalue weighted by molar-refractivity contribution is 0.560. The monoisotopic (exact) mass is 377 g/mol. The molecule has 2 rings (SSSR count). The molecule has 0 aliphatic rings. The fraction of sp³-hybridized carbons (Fsp3) is 0.455. The van der Waals surface area contributed by atoms with E-state index in [0.717, 1.165) is 0 Å². The normalized spacial score (nSPS) is 14.3. The average molecular weight is 378 g/mol. The van der Waals surface area contributed by atoms with Gasteiger partial charge in [0.2, 0.25) is 0 Å². The van der Waals surface area contributed by atoms with E-state index in [-0.39, 0.29) is 5.54 Å². The maximum absolute atomic E-state index is 2.44. The van der Waals surface area contributed by atoms with Gasteiger partial charge in [0.25, 0.3) is 0 Å². The SMILES string of the molecule is CC(C)(C)N(c1ccc(S(C)(C)C)cc1)c1ccc(S(C)(C)C)cc1. The van der Waals surface area contributed by atoms with E-state index in [1.807, 2.05) is 0 Å². The molecule has 0 fully saturated rings. The minimum absolute atomic E-state index is 0.0201. The van der Waals surface area contributed by atoms with Gasteiger partial charge >= 0.3 is 0 Å². The van der Waals surface area contributed by atoms with Crippen LogP contribution in [0.15, 0.2) is 58.3 Å². The third kappa shape index (κ3) is 4.98. The van der Waals surface area contributed by atoms with Crippen LogP contribution in [0.5, 0.6) is 0 Å². The predicted octanol–water partition coefficient (Wildman–Crippen LogP) is 6.73. The number of benzene rings is 2. The Balaban J connectivity index is 2.44. The number of hydrogen-bond acceptors (Lipinski definition) is 1. The molecule has 0 aromatic heterocycles. The van der Waals surface area contributed by atoms with E-state index in [0.29, 0.717) is 0 Å². The van der Waals surface area contributed by atoms with Crippen molar-refractivity contribution in [2.45, 2.75) is 36.1 Å². The Kier molecular flexibility index (Phi) is 5.61. The Hall–Kier alpha value is -1.06. The van der Waals surface area contributed by atoms with Gasteiger partial charge in [-0.05, 0) is 117 Å². The first kappa shape index (κ1) is 20.3. The molecular weight excluding hydrogens is 342 g/mol. The van der Waals surface area contributed by atoms with Crippen LogP contribution in [0.1, 0.15) is 20.8 Å². The first-order valence-electron chi connectivity index (χ1n) is 8.67. The molecule has 0 aliphatic carbocycles. The standard InChI is InChI=1S/C22H35NS2/c1-22(2,3)23(18-10-14-20(15-11-18)24(4,5)6)19-12-16-21(17-13-19)25(7,8)9/h10-17H,1-9H3. The molecule has 0 saturated carbocycles. The summed E-state index contributed by atoms with van der Waals surface area (Å²) < 4.78 is 0. The topological polar surface area (TPSA) is 3.24 Å². The molecule has 0 amide bonds. The van der Waals surface area contributed by atoms with Gasteiger partial charge in [-0.3, -0.25) is 0 Å². The molecule has 0 unspecified atom stereocenters. The number of hydrogen-bond donors (Lipinski definition) is 0. The summed E-state index contributed by atoms with van der Waals surface area (Å²) in [5.41, 5.74) is 2.54. The number of anilines is 2. The number of nitrogens with zero attached hydrogens (tertiary/aromatic N) is 1. The lowest BCUT2D eigenvalue weighted by Crippen LogP contribution is -2.37. The first-order valence-corrected chi connectivity index (χ1v) is 14.4. The van der Waals surface area contributed by atoms with Crippen LogP contribution < -0.4 is 4.90 Å². The van der Waals surface area contributed by atoms with E-state index in [1.54, 1.807) is 0 Å². The summed E-state index contributed by atoms with van der Waals surface area (Å²) in [5, 5.41) is 0. The Bertz CT molecular complexity index is 639. The summed E-state index contributed by atoms with van der Waals surface area (Å²) >= 11 is 0. The molecular formula is C22H35NS2. The van der Waals surface area contributed by atoms with Crippen molar-refractivity contribution in [1.82, 2.24) is 0 Å². The van der Waals surface area contributed by atoms with Gasteiger partial charge in [0.05, 0.1) is 0 Å². The highest BCUT2D eigenvalue weighted by atomic mass is 32.3. The van der Waals surface area contributed by atoms with Gasteiger partial charge in [-0.1, -0.05) is 0 Å². The molecule has 2 aromatic carbocycles. The zero-order valence-electron chi connectivity index (χ0n) is 17.4. The van der Waals surface area contributed by atoms with Crippen LogP contribution in [-0.4, -0.2) is 43.1 Å². The van der Waals surface area contributed by atoms with Gasteiger partial charge < -0.3 is 4.90 Å². The minimum Gasteiger partial charge on any atom is -0.336 e. The summed E-state index contributed by atoms with van der Waals surface area (Å²) in [4.78, 5) is 5.35. The fourth-order valence-electron chi connectivity index (χ4n) is 2.93. The van der Waals surface area contributed by atoms with E-state index in [2.05, 4.69) is 112 Å². The molecule has 2 aromatic rings. The van der Waals surface area contributed by atoms with Crippen molar-refractivity contribution in [3.05, 3.63) is 48.5 Å². The summed E-state index contributed by atoms with van der Waals surface area (Å²) in [7, 11) is -1.37. The Morgan fingerprint density at radius 1 is 0.560 bits per heavy atom. The van der Waals surface area contributed by atoms with E-state index in [4.69, 9.17) is 0 Å². The lowest BCUT2D eigenvalue weighted by Gasteiger charge is -2.39. The van der Waals surface area contributed by atoms with Gasteiger partial charge in [0.15, 0.2) is 0 Å². The summed E-state index contributed by atoms with van der Waals surface area (Å²) in [5.74, 6) is 0. The van der Waals surface area contributed by atoms with Crippen molar-refractivity contribution in [1.29, 1.82) is 0 Å². The molecule has 0 N–H and O–H groups in total. The summed E-state index contributed by atoms with van der Waals surface area (Å²) in [6, 6.07) is 18.3. The highest BCUT2D eigenvalue weighted by Gasteiger charge is 2.24. The van der Waals surface area contributed by atoms with E-state index in [1.165, 1.54) is 21.2 Å². The zero-order chi connectivity index (χ0) is 19.0.